The molecule has 0 saturated carbocycles. The Morgan fingerprint density at radius 3 is 2.43 bits per heavy atom. The fourth-order valence-electron chi connectivity index (χ4n) is 2.16. The topological polar surface area (TPSA) is 57.8 Å². The summed E-state index contributed by atoms with van der Waals surface area (Å²) in [6, 6.07) is 6.23. The lowest BCUT2D eigenvalue weighted by atomic mass is 9.95. The molecule has 0 unspecified atom stereocenters. The van der Waals surface area contributed by atoms with Gasteiger partial charge in [-0.25, -0.2) is 0 Å². The Morgan fingerprint density at radius 2 is 1.86 bits per heavy atom. The van der Waals surface area contributed by atoms with Crippen LogP contribution in [0.1, 0.15) is 37.6 Å². The lowest BCUT2D eigenvalue weighted by Gasteiger charge is -2.18. The number of hydrogen-bond donors (Lipinski definition) is 2. The molecule has 2 aromatic rings. The number of aryl methyl sites for hydroxylation is 3. The smallest absolute Gasteiger partial charge is 0.229 e. The first-order chi connectivity index (χ1) is 9.70. The molecule has 0 fully saturated rings. The maximum Gasteiger partial charge on any atom is 0.229 e. The summed E-state index contributed by atoms with van der Waals surface area (Å²) in [5.41, 5.74) is 5.38. The van der Waals surface area contributed by atoms with E-state index in [1.807, 2.05) is 33.8 Å². The van der Waals surface area contributed by atoms with Crippen molar-refractivity contribution in [3.8, 4) is 11.3 Å². The molecule has 1 heterocycles. The second-order valence-electron chi connectivity index (χ2n) is 6.59. The first-order valence-corrected chi connectivity index (χ1v) is 7.14. The number of nitrogens with one attached hydrogen (secondary N) is 2. The van der Waals surface area contributed by atoms with Crippen molar-refractivity contribution < 1.29 is 4.79 Å². The molecule has 1 aromatic heterocycles. The van der Waals surface area contributed by atoms with Crippen molar-refractivity contribution in [2.45, 2.75) is 41.5 Å². The van der Waals surface area contributed by atoms with Gasteiger partial charge < -0.3 is 5.32 Å². The number of aromatic nitrogens is 2. The molecule has 1 aromatic carbocycles. The molecule has 0 aliphatic heterocycles. The number of carbonyl (C=O) groups excluding carboxylic acids is 1. The van der Waals surface area contributed by atoms with Crippen molar-refractivity contribution in [3.05, 3.63) is 35.0 Å². The van der Waals surface area contributed by atoms with E-state index < -0.39 is 5.41 Å². The van der Waals surface area contributed by atoms with Crippen molar-refractivity contribution in [2.75, 3.05) is 5.32 Å². The Hall–Kier alpha value is -2.10. The predicted molar refractivity (Wildman–Crippen MR) is 86.3 cm³/mol. The minimum atomic E-state index is -0.441. The lowest BCUT2D eigenvalue weighted by molar-refractivity contribution is -0.123. The molecule has 1 amide bonds. The highest BCUT2D eigenvalue weighted by molar-refractivity contribution is 5.98. The third kappa shape index (κ3) is 3.15. The van der Waals surface area contributed by atoms with Crippen molar-refractivity contribution >= 4 is 11.6 Å². The zero-order valence-electron chi connectivity index (χ0n) is 13.6. The molecule has 4 heteroatoms. The van der Waals surface area contributed by atoms with E-state index in [1.165, 1.54) is 5.56 Å². The number of nitrogens with zero attached hydrogens (tertiary/aromatic N) is 1. The van der Waals surface area contributed by atoms with Crippen LogP contribution < -0.4 is 5.32 Å². The highest BCUT2D eigenvalue weighted by Crippen LogP contribution is 2.32. The van der Waals surface area contributed by atoms with Crippen molar-refractivity contribution in [1.82, 2.24) is 10.2 Å². The number of anilines is 1. The van der Waals surface area contributed by atoms with Gasteiger partial charge in [0.15, 0.2) is 0 Å². The molecule has 0 aliphatic rings. The van der Waals surface area contributed by atoms with Crippen LogP contribution in [0.3, 0.4) is 0 Å². The molecule has 0 bridgehead atoms. The number of rotatable bonds is 2. The minimum absolute atomic E-state index is 0.0157. The van der Waals surface area contributed by atoms with Gasteiger partial charge in [-0.15, -0.1) is 0 Å². The van der Waals surface area contributed by atoms with Crippen molar-refractivity contribution in [1.29, 1.82) is 0 Å². The largest absolute Gasteiger partial charge is 0.322 e. The van der Waals surface area contributed by atoms with E-state index in [2.05, 4.69) is 41.5 Å². The van der Waals surface area contributed by atoms with Crippen molar-refractivity contribution in [3.63, 3.8) is 0 Å². The highest BCUT2D eigenvalue weighted by Gasteiger charge is 2.24. The molecule has 0 radical (unpaired) electrons. The van der Waals surface area contributed by atoms with Crippen LogP contribution in [0.25, 0.3) is 11.3 Å². The molecular weight excluding hydrogens is 262 g/mol. The van der Waals surface area contributed by atoms with Gasteiger partial charge in [-0.05, 0) is 26.3 Å². The summed E-state index contributed by atoms with van der Waals surface area (Å²) in [5, 5.41) is 10.3. The van der Waals surface area contributed by atoms with Crippen molar-refractivity contribution in [2.24, 2.45) is 5.41 Å². The average Bonchev–Trinajstić information content (AvgIpc) is 2.70. The third-order valence-corrected chi connectivity index (χ3v) is 3.50. The van der Waals surface area contributed by atoms with Crippen LogP contribution in [-0.4, -0.2) is 16.1 Å². The van der Waals surface area contributed by atoms with Gasteiger partial charge in [0, 0.05) is 11.0 Å². The molecule has 4 nitrogen and oxygen atoms in total. The van der Waals surface area contributed by atoms with Crippen LogP contribution in [0.15, 0.2) is 18.2 Å². The molecule has 0 atom stereocenters. The SMILES string of the molecule is Cc1ccc(-c2n[nH]c(C)c2NC(=O)C(C)(C)C)c(C)c1. The Bertz CT molecular complexity index is 678. The van der Waals surface area contributed by atoms with E-state index in [0.717, 1.165) is 28.2 Å². The molecule has 0 saturated heterocycles. The standard InChI is InChI=1S/C17H23N3O/c1-10-7-8-13(11(2)9-10)15-14(12(3)19-20-15)18-16(21)17(4,5)6/h7-9H,1-6H3,(H,18,21)(H,19,20). The Kier molecular flexibility index (Phi) is 3.90. The van der Waals surface area contributed by atoms with Gasteiger partial charge in [0.2, 0.25) is 5.91 Å². The summed E-state index contributed by atoms with van der Waals surface area (Å²) < 4.78 is 0. The molecule has 2 N–H and O–H groups in total. The molecule has 21 heavy (non-hydrogen) atoms. The van der Waals surface area contributed by atoms with Gasteiger partial charge in [-0.1, -0.05) is 44.5 Å². The normalized spacial score (nSPS) is 11.5. The number of benzene rings is 1. The first kappa shape index (κ1) is 15.3. The summed E-state index contributed by atoms with van der Waals surface area (Å²) >= 11 is 0. The predicted octanol–water partition coefficient (Wildman–Crippen LogP) is 3.99. The number of aromatic amines is 1. The Balaban J connectivity index is 2.45. The van der Waals surface area contributed by atoms with Gasteiger partial charge in [-0.2, -0.15) is 5.10 Å². The van der Waals surface area contributed by atoms with E-state index >= 15 is 0 Å². The van der Waals surface area contributed by atoms with E-state index in [0.29, 0.717) is 0 Å². The van der Waals surface area contributed by atoms with Gasteiger partial charge in [0.1, 0.15) is 5.69 Å². The Morgan fingerprint density at radius 1 is 1.19 bits per heavy atom. The fourth-order valence-corrected chi connectivity index (χ4v) is 2.16. The van der Waals surface area contributed by atoms with Gasteiger partial charge in [0.05, 0.1) is 11.4 Å². The van der Waals surface area contributed by atoms with E-state index in [1.54, 1.807) is 0 Å². The summed E-state index contributed by atoms with van der Waals surface area (Å²) in [6.45, 7) is 11.7. The van der Waals surface area contributed by atoms with Crippen LogP contribution in [0.2, 0.25) is 0 Å². The molecular formula is C17H23N3O. The average molecular weight is 285 g/mol. The summed E-state index contributed by atoms with van der Waals surface area (Å²) in [5.74, 6) is -0.0157. The quantitative estimate of drug-likeness (QED) is 0.876. The zero-order valence-corrected chi connectivity index (χ0v) is 13.6. The summed E-state index contributed by atoms with van der Waals surface area (Å²) in [4.78, 5) is 12.3. The van der Waals surface area contributed by atoms with Crippen LogP contribution in [0, 0.1) is 26.2 Å². The Labute approximate surface area is 126 Å². The molecule has 0 spiro atoms. The van der Waals surface area contributed by atoms with E-state index in [9.17, 15) is 4.79 Å². The second kappa shape index (κ2) is 5.35. The number of carbonyl (C=O) groups is 1. The number of amides is 1. The zero-order chi connectivity index (χ0) is 15.8. The molecule has 2 rings (SSSR count). The van der Waals surface area contributed by atoms with Gasteiger partial charge in [0.25, 0.3) is 0 Å². The van der Waals surface area contributed by atoms with Crippen LogP contribution >= 0.6 is 0 Å². The molecule has 0 aliphatic carbocycles. The van der Waals surface area contributed by atoms with Crippen LogP contribution in [0.4, 0.5) is 5.69 Å². The summed E-state index contributed by atoms with van der Waals surface area (Å²) in [6.07, 6.45) is 0. The van der Waals surface area contributed by atoms with Gasteiger partial charge in [-0.3, -0.25) is 9.89 Å². The lowest BCUT2D eigenvalue weighted by Crippen LogP contribution is -2.28. The maximum absolute atomic E-state index is 12.3. The summed E-state index contributed by atoms with van der Waals surface area (Å²) in [7, 11) is 0. The van der Waals surface area contributed by atoms with E-state index in [4.69, 9.17) is 0 Å². The first-order valence-electron chi connectivity index (χ1n) is 7.14. The number of hydrogen-bond acceptors (Lipinski definition) is 2. The highest BCUT2D eigenvalue weighted by atomic mass is 16.2. The minimum Gasteiger partial charge on any atom is -0.322 e. The molecule has 112 valence electrons. The monoisotopic (exact) mass is 285 g/mol. The van der Waals surface area contributed by atoms with Crippen LogP contribution in [0.5, 0.6) is 0 Å². The second-order valence-corrected chi connectivity index (χ2v) is 6.59. The van der Waals surface area contributed by atoms with E-state index in [-0.39, 0.29) is 5.91 Å². The maximum atomic E-state index is 12.3. The number of H-pyrrole nitrogens is 1. The van der Waals surface area contributed by atoms with Gasteiger partial charge >= 0.3 is 0 Å². The third-order valence-electron chi connectivity index (χ3n) is 3.50. The van der Waals surface area contributed by atoms with Crippen LogP contribution in [-0.2, 0) is 4.79 Å². The fraction of sp³-hybridized carbons (Fsp3) is 0.412.